The molecule has 1 aromatic carbocycles. The highest BCUT2D eigenvalue weighted by atomic mass is 79.9. The number of nitrogens with one attached hydrogen (secondary N) is 1. The number of carbonyl (C=O) groups excluding carboxylic acids is 1. The zero-order valence-corrected chi connectivity index (χ0v) is 11.7. The van der Waals surface area contributed by atoms with Gasteiger partial charge < -0.3 is 5.32 Å². The van der Waals surface area contributed by atoms with Crippen LogP contribution in [0.2, 0.25) is 0 Å². The summed E-state index contributed by atoms with van der Waals surface area (Å²) in [5.74, 6) is 0.657. The molecule has 0 aliphatic heterocycles. The third kappa shape index (κ3) is 3.49. The van der Waals surface area contributed by atoms with Crippen LogP contribution in [0.25, 0.3) is 0 Å². The number of hydrogen-bond donors (Lipinski definition) is 1. The van der Waals surface area contributed by atoms with Crippen LogP contribution in [-0.4, -0.2) is 17.8 Å². The molecule has 2 nitrogen and oxygen atoms in total. The fraction of sp³-hybridized carbons (Fsp3) is 0.417. The summed E-state index contributed by atoms with van der Waals surface area (Å²) < 4.78 is 0.796. The molecule has 0 radical (unpaired) electrons. The van der Waals surface area contributed by atoms with E-state index in [1.807, 2.05) is 32.0 Å². The molecule has 0 fully saturated rings. The molecule has 0 aromatic heterocycles. The van der Waals surface area contributed by atoms with Gasteiger partial charge in [-0.2, -0.15) is 0 Å². The topological polar surface area (TPSA) is 29.1 Å². The number of hydrogen-bond acceptors (Lipinski definition) is 1. The van der Waals surface area contributed by atoms with Gasteiger partial charge in [-0.1, -0.05) is 26.0 Å². The van der Waals surface area contributed by atoms with Gasteiger partial charge in [0.25, 0.3) is 5.91 Å². The fourth-order valence-electron chi connectivity index (χ4n) is 1.27. The SMILES string of the molecule is CC(C)C(CCl)NC(=O)c1ccccc1Br. The lowest BCUT2D eigenvalue weighted by molar-refractivity contribution is 0.0930. The molecule has 4 heteroatoms. The van der Waals surface area contributed by atoms with Gasteiger partial charge in [-0.3, -0.25) is 4.79 Å². The highest BCUT2D eigenvalue weighted by molar-refractivity contribution is 9.10. The van der Waals surface area contributed by atoms with E-state index in [9.17, 15) is 4.79 Å². The van der Waals surface area contributed by atoms with Gasteiger partial charge in [0.05, 0.1) is 5.56 Å². The van der Waals surface area contributed by atoms with Gasteiger partial charge >= 0.3 is 0 Å². The smallest absolute Gasteiger partial charge is 0.252 e. The average molecular weight is 305 g/mol. The predicted octanol–water partition coefficient (Wildman–Crippen LogP) is 3.44. The fourth-order valence-corrected chi connectivity index (χ4v) is 2.17. The first-order valence-corrected chi connectivity index (χ1v) is 6.50. The lowest BCUT2D eigenvalue weighted by atomic mass is 10.1. The standard InChI is InChI=1S/C12H15BrClNO/c1-8(2)11(7-14)15-12(16)9-5-3-4-6-10(9)13/h3-6,8,11H,7H2,1-2H3,(H,15,16). The Hall–Kier alpha value is -0.540. The number of amides is 1. The maximum atomic E-state index is 11.9. The van der Waals surface area contributed by atoms with E-state index in [1.54, 1.807) is 6.07 Å². The highest BCUT2D eigenvalue weighted by Gasteiger charge is 2.17. The minimum Gasteiger partial charge on any atom is -0.348 e. The molecule has 1 aromatic rings. The summed E-state index contributed by atoms with van der Waals surface area (Å²) in [7, 11) is 0. The number of benzene rings is 1. The van der Waals surface area contributed by atoms with Gasteiger partial charge in [0.1, 0.15) is 0 Å². The average Bonchev–Trinajstić information content (AvgIpc) is 2.25. The van der Waals surface area contributed by atoms with E-state index in [4.69, 9.17) is 11.6 Å². The van der Waals surface area contributed by atoms with Crippen LogP contribution in [-0.2, 0) is 0 Å². The van der Waals surface area contributed by atoms with Crippen molar-refractivity contribution in [2.75, 3.05) is 5.88 Å². The Morgan fingerprint density at radius 1 is 1.44 bits per heavy atom. The molecule has 1 unspecified atom stereocenters. The molecule has 0 saturated carbocycles. The number of halogens is 2. The summed E-state index contributed by atoms with van der Waals surface area (Å²) in [4.78, 5) is 11.9. The third-order valence-electron chi connectivity index (χ3n) is 2.41. The second-order valence-corrected chi connectivity index (χ2v) is 5.12. The van der Waals surface area contributed by atoms with E-state index in [0.717, 1.165) is 4.47 Å². The van der Waals surface area contributed by atoms with Crippen LogP contribution in [0.3, 0.4) is 0 Å². The second kappa shape index (κ2) is 6.26. The van der Waals surface area contributed by atoms with Crippen molar-refractivity contribution < 1.29 is 4.79 Å². The molecule has 0 spiro atoms. The first kappa shape index (κ1) is 13.5. The summed E-state index contributed by atoms with van der Waals surface area (Å²) in [6.07, 6.45) is 0. The minimum absolute atomic E-state index is 0.00118. The van der Waals surface area contributed by atoms with Gasteiger partial charge in [0.15, 0.2) is 0 Å². The van der Waals surface area contributed by atoms with E-state index in [2.05, 4.69) is 21.2 Å². The Kier molecular flexibility index (Phi) is 5.29. The van der Waals surface area contributed by atoms with Crippen LogP contribution in [0.4, 0.5) is 0 Å². The Labute approximate surface area is 110 Å². The zero-order valence-electron chi connectivity index (χ0n) is 9.34. The Morgan fingerprint density at radius 2 is 2.06 bits per heavy atom. The number of carbonyl (C=O) groups is 1. The molecular formula is C12H15BrClNO. The van der Waals surface area contributed by atoms with Gasteiger partial charge in [0.2, 0.25) is 0 Å². The van der Waals surface area contributed by atoms with Crippen LogP contribution in [0.1, 0.15) is 24.2 Å². The number of rotatable bonds is 4. The molecule has 1 rings (SSSR count). The largest absolute Gasteiger partial charge is 0.348 e. The quantitative estimate of drug-likeness (QED) is 0.848. The van der Waals surface area contributed by atoms with Crippen molar-refractivity contribution in [2.45, 2.75) is 19.9 Å². The van der Waals surface area contributed by atoms with E-state index in [1.165, 1.54) is 0 Å². The van der Waals surface area contributed by atoms with Gasteiger partial charge in [-0.15, -0.1) is 11.6 Å². The third-order valence-corrected chi connectivity index (χ3v) is 3.43. The molecule has 1 atom stereocenters. The summed E-state index contributed by atoms with van der Waals surface area (Å²) in [5, 5.41) is 2.92. The van der Waals surface area contributed by atoms with Gasteiger partial charge in [0, 0.05) is 16.4 Å². The summed E-state index contributed by atoms with van der Waals surface area (Å²) in [6.45, 7) is 4.07. The van der Waals surface area contributed by atoms with Crippen molar-refractivity contribution in [2.24, 2.45) is 5.92 Å². The van der Waals surface area contributed by atoms with E-state index in [0.29, 0.717) is 17.4 Å². The molecule has 0 heterocycles. The molecule has 16 heavy (non-hydrogen) atoms. The Morgan fingerprint density at radius 3 is 2.56 bits per heavy atom. The lowest BCUT2D eigenvalue weighted by Gasteiger charge is -2.20. The van der Waals surface area contributed by atoms with Crippen molar-refractivity contribution >= 4 is 33.4 Å². The van der Waals surface area contributed by atoms with Crippen LogP contribution < -0.4 is 5.32 Å². The van der Waals surface area contributed by atoms with E-state index < -0.39 is 0 Å². The normalized spacial score (nSPS) is 12.6. The van der Waals surface area contributed by atoms with Crippen molar-refractivity contribution in [3.8, 4) is 0 Å². The highest BCUT2D eigenvalue weighted by Crippen LogP contribution is 2.16. The molecule has 88 valence electrons. The zero-order chi connectivity index (χ0) is 12.1. The van der Waals surface area contributed by atoms with E-state index >= 15 is 0 Å². The lowest BCUT2D eigenvalue weighted by Crippen LogP contribution is -2.39. The summed E-state index contributed by atoms with van der Waals surface area (Å²) in [5.41, 5.74) is 0.637. The maximum Gasteiger partial charge on any atom is 0.252 e. The summed E-state index contributed by atoms with van der Waals surface area (Å²) in [6, 6.07) is 7.35. The second-order valence-electron chi connectivity index (χ2n) is 3.96. The monoisotopic (exact) mass is 303 g/mol. The predicted molar refractivity (Wildman–Crippen MR) is 71.0 cm³/mol. The minimum atomic E-state index is -0.0909. The summed E-state index contributed by atoms with van der Waals surface area (Å²) >= 11 is 9.16. The van der Waals surface area contributed by atoms with Crippen LogP contribution in [0, 0.1) is 5.92 Å². The number of alkyl halides is 1. The van der Waals surface area contributed by atoms with Crippen LogP contribution in [0.15, 0.2) is 28.7 Å². The van der Waals surface area contributed by atoms with Crippen molar-refractivity contribution in [1.82, 2.24) is 5.32 Å². The molecule has 0 saturated heterocycles. The molecule has 0 aliphatic carbocycles. The van der Waals surface area contributed by atoms with Crippen LogP contribution >= 0.6 is 27.5 Å². The first-order chi connectivity index (χ1) is 7.56. The first-order valence-electron chi connectivity index (χ1n) is 5.17. The molecule has 1 N–H and O–H groups in total. The van der Waals surface area contributed by atoms with Crippen molar-refractivity contribution in [1.29, 1.82) is 0 Å². The van der Waals surface area contributed by atoms with Crippen molar-refractivity contribution in [3.05, 3.63) is 34.3 Å². The molecule has 0 bridgehead atoms. The van der Waals surface area contributed by atoms with Crippen LogP contribution in [0.5, 0.6) is 0 Å². The van der Waals surface area contributed by atoms with Crippen molar-refractivity contribution in [3.63, 3.8) is 0 Å². The molecule has 1 amide bonds. The molecule has 0 aliphatic rings. The Balaban J connectivity index is 2.76. The Bertz CT molecular complexity index is 368. The van der Waals surface area contributed by atoms with Gasteiger partial charge in [-0.25, -0.2) is 0 Å². The van der Waals surface area contributed by atoms with Gasteiger partial charge in [-0.05, 0) is 34.0 Å². The molecular weight excluding hydrogens is 289 g/mol. The van der Waals surface area contributed by atoms with E-state index in [-0.39, 0.29) is 11.9 Å². The maximum absolute atomic E-state index is 11.9.